The van der Waals surface area contributed by atoms with Crippen LogP contribution < -0.4 is 10.6 Å². The Balaban J connectivity index is 2.19. The van der Waals surface area contributed by atoms with E-state index in [9.17, 15) is 13.6 Å². The van der Waals surface area contributed by atoms with E-state index in [0.29, 0.717) is 25.2 Å². The minimum Gasteiger partial charge on any atom is -0.444 e. The molecule has 0 fully saturated rings. The third-order valence-corrected chi connectivity index (χ3v) is 2.27. The maximum Gasteiger partial charge on any atom is 0.407 e. The number of nitrogens with one attached hydrogen (secondary N) is 2. The van der Waals surface area contributed by atoms with Gasteiger partial charge in [0.05, 0.1) is 0 Å². The molecule has 0 bridgehead atoms. The first kappa shape index (κ1) is 16.2. The first-order chi connectivity index (χ1) is 9.28. The van der Waals surface area contributed by atoms with E-state index in [0.717, 1.165) is 12.1 Å². The molecule has 0 unspecified atom stereocenters. The van der Waals surface area contributed by atoms with Crippen LogP contribution in [-0.2, 0) is 4.74 Å². The predicted molar refractivity (Wildman–Crippen MR) is 73.7 cm³/mol. The van der Waals surface area contributed by atoms with Gasteiger partial charge in [0.25, 0.3) is 0 Å². The summed E-state index contributed by atoms with van der Waals surface area (Å²) in [6, 6.07) is 3.62. The Morgan fingerprint density at radius 3 is 2.50 bits per heavy atom. The van der Waals surface area contributed by atoms with Crippen LogP contribution in [0.2, 0.25) is 0 Å². The molecule has 112 valence electrons. The van der Waals surface area contributed by atoms with E-state index in [1.54, 1.807) is 20.8 Å². The summed E-state index contributed by atoms with van der Waals surface area (Å²) in [5.41, 5.74) is -0.0188. The van der Waals surface area contributed by atoms with Crippen LogP contribution >= 0.6 is 0 Å². The summed E-state index contributed by atoms with van der Waals surface area (Å²) in [7, 11) is 0. The second-order valence-corrected chi connectivity index (χ2v) is 5.34. The Bertz CT molecular complexity index is 459. The molecule has 1 aromatic rings. The summed E-state index contributed by atoms with van der Waals surface area (Å²) in [5.74, 6) is -1.76. The number of carbonyl (C=O) groups excluding carboxylic acids is 1. The lowest BCUT2D eigenvalue weighted by molar-refractivity contribution is 0.0528. The molecule has 0 spiro atoms. The normalized spacial score (nSPS) is 11.1. The molecule has 0 aromatic heterocycles. The minimum atomic E-state index is -0.887. The van der Waals surface area contributed by atoms with E-state index in [-0.39, 0.29) is 0 Å². The second kappa shape index (κ2) is 7.07. The van der Waals surface area contributed by atoms with Gasteiger partial charge in [0.1, 0.15) is 5.60 Å². The van der Waals surface area contributed by atoms with Crippen LogP contribution in [0.5, 0.6) is 0 Å². The van der Waals surface area contributed by atoms with Gasteiger partial charge in [-0.05, 0) is 45.4 Å². The molecule has 0 aliphatic heterocycles. The highest BCUT2D eigenvalue weighted by molar-refractivity contribution is 5.67. The summed E-state index contributed by atoms with van der Waals surface area (Å²) in [6.07, 6.45) is 0.170. The number of carbonyl (C=O) groups is 1. The number of amides is 1. The average Bonchev–Trinajstić information content (AvgIpc) is 2.31. The van der Waals surface area contributed by atoms with Crippen molar-refractivity contribution in [3.05, 3.63) is 29.8 Å². The molecule has 2 N–H and O–H groups in total. The van der Waals surface area contributed by atoms with Crippen molar-refractivity contribution in [3.63, 3.8) is 0 Å². The highest BCUT2D eigenvalue weighted by atomic mass is 19.2. The van der Waals surface area contributed by atoms with Gasteiger partial charge in [-0.15, -0.1) is 0 Å². The van der Waals surface area contributed by atoms with Gasteiger partial charge in [-0.25, -0.2) is 13.6 Å². The number of rotatable bonds is 5. The molecule has 0 radical (unpaired) electrons. The Kier molecular flexibility index (Phi) is 5.73. The van der Waals surface area contributed by atoms with Crippen LogP contribution in [0, 0.1) is 11.6 Å². The van der Waals surface area contributed by atoms with Gasteiger partial charge < -0.3 is 15.4 Å². The Morgan fingerprint density at radius 2 is 1.90 bits per heavy atom. The molecule has 0 saturated carbocycles. The van der Waals surface area contributed by atoms with Crippen LogP contribution in [0.25, 0.3) is 0 Å². The van der Waals surface area contributed by atoms with Gasteiger partial charge in [0.2, 0.25) is 0 Å². The largest absolute Gasteiger partial charge is 0.444 e. The van der Waals surface area contributed by atoms with Crippen molar-refractivity contribution in [3.8, 4) is 0 Å². The monoisotopic (exact) mass is 286 g/mol. The van der Waals surface area contributed by atoms with Gasteiger partial charge in [-0.1, -0.05) is 0 Å². The van der Waals surface area contributed by atoms with Crippen molar-refractivity contribution < 1.29 is 18.3 Å². The van der Waals surface area contributed by atoms with Gasteiger partial charge >= 0.3 is 6.09 Å². The fourth-order valence-corrected chi connectivity index (χ4v) is 1.43. The van der Waals surface area contributed by atoms with E-state index in [4.69, 9.17) is 4.74 Å². The topological polar surface area (TPSA) is 50.4 Å². The first-order valence-corrected chi connectivity index (χ1v) is 6.44. The molecule has 1 amide bonds. The lowest BCUT2D eigenvalue weighted by atomic mass is 10.2. The molecule has 20 heavy (non-hydrogen) atoms. The van der Waals surface area contributed by atoms with Crippen LogP contribution in [0.15, 0.2) is 18.2 Å². The lowest BCUT2D eigenvalue weighted by Crippen LogP contribution is -2.33. The van der Waals surface area contributed by atoms with E-state index in [2.05, 4.69) is 10.6 Å². The third-order valence-electron chi connectivity index (χ3n) is 2.27. The minimum absolute atomic E-state index is 0.436. The summed E-state index contributed by atoms with van der Waals surface area (Å²) < 4.78 is 30.7. The number of hydrogen-bond donors (Lipinski definition) is 2. The molecule has 0 atom stereocenters. The maximum atomic E-state index is 12.9. The van der Waals surface area contributed by atoms with Crippen molar-refractivity contribution >= 4 is 11.8 Å². The van der Waals surface area contributed by atoms with Crippen LogP contribution in [0.1, 0.15) is 27.2 Å². The maximum absolute atomic E-state index is 12.9. The quantitative estimate of drug-likeness (QED) is 0.817. The van der Waals surface area contributed by atoms with Crippen molar-refractivity contribution in [2.45, 2.75) is 32.8 Å². The standard InChI is InChI=1S/C14H20F2N2O2/c1-14(2,3)20-13(19)18-8-4-7-17-10-5-6-11(15)12(16)9-10/h5-6,9,17H,4,7-8H2,1-3H3,(H,18,19). The van der Waals surface area contributed by atoms with E-state index in [1.807, 2.05) is 0 Å². The van der Waals surface area contributed by atoms with Crippen molar-refractivity contribution in [1.29, 1.82) is 0 Å². The molecular formula is C14H20F2N2O2. The van der Waals surface area contributed by atoms with E-state index in [1.165, 1.54) is 6.07 Å². The number of benzene rings is 1. The number of ether oxygens (including phenoxy) is 1. The van der Waals surface area contributed by atoms with Crippen LogP contribution in [0.3, 0.4) is 0 Å². The summed E-state index contributed by atoms with van der Waals surface area (Å²) in [5, 5.41) is 5.55. The molecule has 0 heterocycles. The van der Waals surface area contributed by atoms with Crippen molar-refractivity contribution in [1.82, 2.24) is 5.32 Å². The molecule has 6 heteroatoms. The molecule has 1 aromatic carbocycles. The zero-order valence-corrected chi connectivity index (χ0v) is 11.9. The number of anilines is 1. The smallest absolute Gasteiger partial charge is 0.407 e. The predicted octanol–water partition coefficient (Wildman–Crippen LogP) is 3.29. The van der Waals surface area contributed by atoms with E-state index < -0.39 is 23.3 Å². The Hall–Kier alpha value is -1.85. The van der Waals surface area contributed by atoms with Crippen molar-refractivity contribution in [2.24, 2.45) is 0 Å². The fraction of sp³-hybridized carbons (Fsp3) is 0.500. The Morgan fingerprint density at radius 1 is 1.20 bits per heavy atom. The SMILES string of the molecule is CC(C)(C)OC(=O)NCCCNc1ccc(F)c(F)c1. The highest BCUT2D eigenvalue weighted by Gasteiger charge is 2.15. The first-order valence-electron chi connectivity index (χ1n) is 6.44. The molecule has 0 saturated heterocycles. The molecule has 4 nitrogen and oxygen atoms in total. The molecule has 1 rings (SSSR count). The van der Waals surface area contributed by atoms with Crippen LogP contribution in [0.4, 0.5) is 19.3 Å². The summed E-state index contributed by atoms with van der Waals surface area (Å²) in [6.45, 7) is 6.33. The molecule has 0 aliphatic rings. The zero-order chi connectivity index (χ0) is 15.2. The molecular weight excluding hydrogens is 266 g/mol. The Labute approximate surface area is 117 Å². The highest BCUT2D eigenvalue weighted by Crippen LogP contribution is 2.12. The van der Waals surface area contributed by atoms with Gasteiger partial charge in [0.15, 0.2) is 11.6 Å². The number of alkyl carbamates (subject to hydrolysis) is 1. The number of halogens is 2. The van der Waals surface area contributed by atoms with Crippen molar-refractivity contribution in [2.75, 3.05) is 18.4 Å². The summed E-state index contributed by atoms with van der Waals surface area (Å²) >= 11 is 0. The fourth-order valence-electron chi connectivity index (χ4n) is 1.43. The average molecular weight is 286 g/mol. The molecule has 0 aliphatic carbocycles. The zero-order valence-electron chi connectivity index (χ0n) is 11.9. The van der Waals surface area contributed by atoms with Crippen LogP contribution in [-0.4, -0.2) is 24.8 Å². The van der Waals surface area contributed by atoms with Gasteiger partial charge in [0, 0.05) is 18.8 Å². The van der Waals surface area contributed by atoms with Gasteiger partial charge in [-0.2, -0.15) is 0 Å². The van der Waals surface area contributed by atoms with Gasteiger partial charge in [-0.3, -0.25) is 0 Å². The lowest BCUT2D eigenvalue weighted by Gasteiger charge is -2.19. The second-order valence-electron chi connectivity index (χ2n) is 5.34. The third kappa shape index (κ3) is 6.36. The van der Waals surface area contributed by atoms with E-state index >= 15 is 0 Å². The summed E-state index contributed by atoms with van der Waals surface area (Å²) in [4.78, 5) is 11.3. The number of hydrogen-bond acceptors (Lipinski definition) is 3.